The van der Waals surface area contributed by atoms with Gasteiger partial charge in [-0.25, -0.2) is 9.18 Å². The summed E-state index contributed by atoms with van der Waals surface area (Å²) in [5.74, 6) is -0.0669. The van der Waals surface area contributed by atoms with Crippen LogP contribution in [-0.2, 0) is 31.3 Å². The molecule has 0 aliphatic heterocycles. The van der Waals surface area contributed by atoms with Crippen LogP contribution in [0.15, 0.2) is 23.1 Å². The highest BCUT2D eigenvalue weighted by Crippen LogP contribution is 2.41. The lowest BCUT2D eigenvalue weighted by molar-refractivity contribution is 0.0783. The number of halogens is 1. The van der Waals surface area contributed by atoms with Gasteiger partial charge in [0, 0.05) is 10.6 Å². The van der Waals surface area contributed by atoms with Crippen LogP contribution in [0.2, 0.25) is 0 Å². The van der Waals surface area contributed by atoms with Crippen molar-refractivity contribution in [1.82, 2.24) is 4.72 Å². The van der Waals surface area contributed by atoms with Crippen LogP contribution in [0.4, 0.5) is 14.9 Å². The summed E-state index contributed by atoms with van der Waals surface area (Å²) in [6.45, 7) is 3.29. The van der Waals surface area contributed by atoms with E-state index < -0.39 is 5.60 Å². The molecule has 0 radical (unpaired) electrons. The maximum absolute atomic E-state index is 14.8. The van der Waals surface area contributed by atoms with Crippen LogP contribution in [0.3, 0.4) is 0 Å². The van der Waals surface area contributed by atoms with E-state index in [0.717, 1.165) is 78.4 Å². The van der Waals surface area contributed by atoms with Crippen molar-refractivity contribution in [2.45, 2.75) is 62.9 Å². The number of nitriles is 1. The number of fused-ring (bicyclic) bond motifs is 2. The highest BCUT2D eigenvalue weighted by Gasteiger charge is 2.29. The summed E-state index contributed by atoms with van der Waals surface area (Å²) in [6.07, 6.45) is 4.81. The highest BCUT2D eigenvalue weighted by atomic mass is 32.2. The second kappa shape index (κ2) is 7.93. The minimum absolute atomic E-state index is 0.0669. The first-order valence-electron chi connectivity index (χ1n) is 10.1. The van der Waals surface area contributed by atoms with E-state index in [2.05, 4.69) is 16.1 Å². The van der Waals surface area contributed by atoms with Crippen molar-refractivity contribution >= 4 is 23.7 Å². The van der Waals surface area contributed by atoms with Crippen molar-refractivity contribution in [3.05, 3.63) is 57.4 Å². The predicted molar refractivity (Wildman–Crippen MR) is 115 cm³/mol. The summed E-state index contributed by atoms with van der Waals surface area (Å²) in [6, 6.07) is 6.74. The lowest BCUT2D eigenvalue weighted by Crippen LogP contribution is -2.24. The molecule has 3 N–H and O–H groups in total. The van der Waals surface area contributed by atoms with Gasteiger partial charge in [-0.3, -0.25) is 4.72 Å². The molecular weight excluding hydrogens is 401 g/mol. The molecule has 2 amide bonds. The maximum Gasteiger partial charge on any atom is 0.329 e. The van der Waals surface area contributed by atoms with Gasteiger partial charge in [0.2, 0.25) is 0 Å². The number of hydrogen-bond acceptors (Lipinski definition) is 4. The molecule has 0 spiro atoms. The number of amides is 2. The molecule has 7 heteroatoms. The molecule has 5 nitrogen and oxygen atoms in total. The van der Waals surface area contributed by atoms with Gasteiger partial charge in [-0.1, -0.05) is 0 Å². The lowest BCUT2D eigenvalue weighted by Gasteiger charge is -2.19. The largest absolute Gasteiger partial charge is 0.386 e. The second-order valence-corrected chi connectivity index (χ2v) is 9.27. The van der Waals surface area contributed by atoms with Gasteiger partial charge < -0.3 is 10.4 Å². The van der Waals surface area contributed by atoms with Crippen molar-refractivity contribution in [2.75, 3.05) is 5.32 Å². The molecule has 0 atom stereocenters. The number of aliphatic hydroxyl groups is 1. The quantitative estimate of drug-likeness (QED) is 0.618. The molecule has 2 aromatic rings. The van der Waals surface area contributed by atoms with E-state index in [9.17, 15) is 19.6 Å². The summed E-state index contributed by atoms with van der Waals surface area (Å²) in [5, 5.41) is 22.5. The molecule has 0 fully saturated rings. The van der Waals surface area contributed by atoms with Gasteiger partial charge >= 0.3 is 6.03 Å². The van der Waals surface area contributed by atoms with Crippen LogP contribution in [0.1, 0.15) is 60.1 Å². The second-order valence-electron chi connectivity index (χ2n) is 8.39. The number of nitrogens with zero attached hydrogens (tertiary/aromatic N) is 1. The SMILES string of the molecule is CC(C)(O)c1cc(C#N)cc(SNC(=O)Nc2c3c(c(F)c4c2CCC4)CCC3)c1. The third-order valence-electron chi connectivity index (χ3n) is 5.81. The smallest absolute Gasteiger partial charge is 0.329 e. The van der Waals surface area contributed by atoms with Gasteiger partial charge in [-0.2, -0.15) is 5.26 Å². The van der Waals surface area contributed by atoms with Gasteiger partial charge in [-0.05, 0) is 110 Å². The van der Waals surface area contributed by atoms with E-state index in [1.807, 2.05) is 0 Å². The van der Waals surface area contributed by atoms with Crippen molar-refractivity contribution < 1.29 is 14.3 Å². The zero-order chi connectivity index (χ0) is 21.5. The molecular formula is C23H24FN3O2S. The fourth-order valence-electron chi connectivity index (χ4n) is 4.36. The van der Waals surface area contributed by atoms with Crippen molar-refractivity contribution in [2.24, 2.45) is 0 Å². The zero-order valence-electron chi connectivity index (χ0n) is 17.1. The van der Waals surface area contributed by atoms with Gasteiger partial charge in [0.1, 0.15) is 5.82 Å². The van der Waals surface area contributed by atoms with E-state index in [-0.39, 0.29) is 11.8 Å². The highest BCUT2D eigenvalue weighted by molar-refractivity contribution is 7.98. The van der Waals surface area contributed by atoms with Gasteiger partial charge in [0.25, 0.3) is 0 Å². The first-order valence-corrected chi connectivity index (χ1v) is 11.0. The summed E-state index contributed by atoms with van der Waals surface area (Å²) in [5.41, 5.74) is 4.07. The van der Waals surface area contributed by atoms with Gasteiger partial charge in [0.15, 0.2) is 0 Å². The summed E-state index contributed by atoms with van der Waals surface area (Å²) >= 11 is 1.08. The molecule has 2 aliphatic carbocycles. The zero-order valence-corrected chi connectivity index (χ0v) is 17.9. The van der Waals surface area contributed by atoms with Crippen molar-refractivity contribution in [3.8, 4) is 6.07 Å². The predicted octanol–water partition coefficient (Wildman–Crippen LogP) is 4.73. The lowest BCUT2D eigenvalue weighted by atomic mass is 9.97. The van der Waals surface area contributed by atoms with E-state index in [1.54, 1.807) is 32.0 Å². The van der Waals surface area contributed by atoms with Gasteiger partial charge in [-0.15, -0.1) is 0 Å². The Morgan fingerprint density at radius 2 is 1.70 bits per heavy atom. The number of carbonyl (C=O) groups is 1. The summed E-state index contributed by atoms with van der Waals surface area (Å²) < 4.78 is 17.5. The summed E-state index contributed by atoms with van der Waals surface area (Å²) in [7, 11) is 0. The monoisotopic (exact) mass is 425 g/mol. The first-order chi connectivity index (χ1) is 14.3. The molecule has 0 bridgehead atoms. The molecule has 0 aromatic heterocycles. The minimum atomic E-state index is -1.10. The van der Waals surface area contributed by atoms with Crippen LogP contribution < -0.4 is 10.0 Å². The number of carbonyl (C=O) groups excluding carboxylic acids is 1. The molecule has 30 heavy (non-hydrogen) atoms. The van der Waals surface area contributed by atoms with Crippen LogP contribution in [0.25, 0.3) is 0 Å². The minimum Gasteiger partial charge on any atom is -0.386 e. The molecule has 156 valence electrons. The molecule has 0 saturated heterocycles. The van der Waals surface area contributed by atoms with Crippen LogP contribution in [-0.4, -0.2) is 11.1 Å². The molecule has 0 unspecified atom stereocenters. The normalized spacial score (nSPS) is 14.8. The Morgan fingerprint density at radius 1 is 1.10 bits per heavy atom. The molecule has 2 aromatic carbocycles. The van der Waals surface area contributed by atoms with Crippen LogP contribution in [0.5, 0.6) is 0 Å². The third-order valence-corrected chi connectivity index (χ3v) is 6.57. The van der Waals surface area contributed by atoms with E-state index in [4.69, 9.17) is 0 Å². The Bertz CT molecular complexity index is 1030. The van der Waals surface area contributed by atoms with E-state index in [1.165, 1.54) is 0 Å². The Balaban J connectivity index is 1.53. The topological polar surface area (TPSA) is 85.2 Å². The number of urea groups is 1. The number of rotatable bonds is 4. The number of anilines is 1. The van der Waals surface area contributed by atoms with Gasteiger partial charge in [0.05, 0.1) is 17.2 Å². The first kappa shape index (κ1) is 20.7. The van der Waals surface area contributed by atoms with E-state index in [0.29, 0.717) is 16.0 Å². The Kier molecular flexibility index (Phi) is 5.48. The van der Waals surface area contributed by atoms with Crippen LogP contribution in [0, 0.1) is 17.1 Å². The van der Waals surface area contributed by atoms with Crippen molar-refractivity contribution in [1.29, 1.82) is 5.26 Å². The molecule has 0 saturated carbocycles. The fraction of sp³-hybridized carbons (Fsp3) is 0.391. The third kappa shape index (κ3) is 3.90. The number of benzene rings is 2. The van der Waals surface area contributed by atoms with Crippen molar-refractivity contribution in [3.63, 3.8) is 0 Å². The Hall–Kier alpha value is -2.56. The standard InChI is InChI=1S/C23H24FN3O2S/c1-23(2,29)14-9-13(12-25)10-15(11-14)30-27-22(28)26-21-18-7-3-5-16(18)20(24)17-6-4-8-19(17)21/h9-11,29H,3-8H2,1-2H3,(H2,26,27,28). The fourth-order valence-corrected chi connectivity index (χ4v) is 4.99. The molecule has 0 heterocycles. The van der Waals surface area contributed by atoms with E-state index >= 15 is 0 Å². The average molecular weight is 426 g/mol. The number of hydrogen-bond donors (Lipinski definition) is 3. The number of nitrogens with one attached hydrogen (secondary N) is 2. The average Bonchev–Trinajstić information content (AvgIpc) is 3.38. The Morgan fingerprint density at radius 3 is 2.27 bits per heavy atom. The van der Waals surface area contributed by atoms with Crippen LogP contribution >= 0.6 is 11.9 Å². The molecule has 2 aliphatic rings. The summed E-state index contributed by atoms with van der Waals surface area (Å²) in [4.78, 5) is 13.3. The Labute approximate surface area is 179 Å². The maximum atomic E-state index is 14.8. The molecule has 4 rings (SSSR count).